The molecule has 0 fully saturated rings. The van der Waals surface area contributed by atoms with Crippen molar-refractivity contribution in [2.75, 3.05) is 0 Å². The van der Waals surface area contributed by atoms with E-state index in [-0.39, 0.29) is 5.02 Å². The lowest BCUT2D eigenvalue weighted by Crippen LogP contribution is -2.18. The minimum absolute atomic E-state index is 0.268. The van der Waals surface area contributed by atoms with Crippen molar-refractivity contribution in [3.63, 3.8) is 0 Å². The first-order chi connectivity index (χ1) is 14.9. The Morgan fingerprint density at radius 2 is 2.03 bits per heavy atom. The third-order valence-corrected chi connectivity index (χ3v) is 7.31. The van der Waals surface area contributed by atoms with Gasteiger partial charge in [0.2, 0.25) is 0 Å². The van der Waals surface area contributed by atoms with Gasteiger partial charge in [0.25, 0.3) is 5.91 Å². The van der Waals surface area contributed by atoms with E-state index in [0.29, 0.717) is 10.6 Å². The molecule has 3 aromatic rings. The molecule has 0 radical (unpaired) electrons. The van der Waals surface area contributed by atoms with E-state index in [0.717, 1.165) is 46.8 Å². The van der Waals surface area contributed by atoms with Crippen LogP contribution in [0.3, 0.4) is 0 Å². The van der Waals surface area contributed by atoms with Crippen LogP contribution >= 0.6 is 34.5 Å². The highest BCUT2D eigenvalue weighted by molar-refractivity contribution is 7.15. The van der Waals surface area contributed by atoms with Crippen molar-refractivity contribution in [2.24, 2.45) is 5.10 Å². The molecule has 1 aliphatic rings. The van der Waals surface area contributed by atoms with Gasteiger partial charge in [-0.05, 0) is 69.4 Å². The highest BCUT2D eigenvalue weighted by atomic mass is 35.5. The summed E-state index contributed by atoms with van der Waals surface area (Å²) in [6.07, 6.45) is 5.94. The number of aryl methyl sites for hydroxylation is 2. The van der Waals surface area contributed by atoms with E-state index in [9.17, 15) is 10.1 Å². The fourth-order valence-electron chi connectivity index (χ4n) is 3.95. The number of nitrogens with zero attached hydrogens (tertiary/aromatic N) is 3. The molecule has 5 nitrogen and oxygen atoms in total. The van der Waals surface area contributed by atoms with Crippen LogP contribution in [0.1, 0.15) is 56.2 Å². The van der Waals surface area contributed by atoms with Crippen molar-refractivity contribution in [1.82, 2.24) is 9.99 Å². The maximum Gasteiger partial charge on any atom is 0.272 e. The molecule has 0 saturated heterocycles. The second-order valence-electron chi connectivity index (χ2n) is 7.49. The average Bonchev–Trinajstić information content (AvgIpc) is 3.23. The van der Waals surface area contributed by atoms with Gasteiger partial charge in [-0.1, -0.05) is 23.2 Å². The quantitative estimate of drug-likeness (QED) is 0.376. The summed E-state index contributed by atoms with van der Waals surface area (Å²) in [5.41, 5.74) is 7.66. The average molecular weight is 471 g/mol. The van der Waals surface area contributed by atoms with Crippen LogP contribution in [-0.2, 0) is 12.8 Å². The Labute approximate surface area is 194 Å². The van der Waals surface area contributed by atoms with E-state index in [1.807, 2.05) is 19.9 Å². The molecule has 2 aromatic heterocycles. The van der Waals surface area contributed by atoms with E-state index in [2.05, 4.69) is 21.2 Å². The lowest BCUT2D eigenvalue weighted by molar-refractivity contribution is 0.0955. The van der Waals surface area contributed by atoms with Gasteiger partial charge in [0.15, 0.2) is 0 Å². The Bertz CT molecular complexity index is 1250. The normalized spacial score (nSPS) is 13.3. The molecule has 1 aromatic carbocycles. The number of hydrazone groups is 1. The highest BCUT2D eigenvalue weighted by Gasteiger charge is 2.23. The van der Waals surface area contributed by atoms with Gasteiger partial charge in [-0.25, -0.2) is 5.43 Å². The number of rotatable bonds is 4. The van der Waals surface area contributed by atoms with Gasteiger partial charge in [-0.2, -0.15) is 10.4 Å². The number of nitrogens with one attached hydrogen (secondary N) is 1. The summed E-state index contributed by atoms with van der Waals surface area (Å²) in [4.78, 5) is 13.7. The SMILES string of the molecule is Cc1cc(/C=N/NC(=O)c2ccc(Cl)cc2Cl)c(C)n1-c1sc2c(c1C#N)CCCC2. The Hall–Kier alpha value is -2.59. The van der Waals surface area contributed by atoms with E-state index in [1.165, 1.54) is 22.9 Å². The highest BCUT2D eigenvalue weighted by Crippen LogP contribution is 2.38. The first-order valence-corrected chi connectivity index (χ1v) is 11.5. The van der Waals surface area contributed by atoms with E-state index >= 15 is 0 Å². The van der Waals surface area contributed by atoms with Crippen molar-refractivity contribution in [3.8, 4) is 11.1 Å². The van der Waals surface area contributed by atoms with Crippen molar-refractivity contribution in [3.05, 3.63) is 72.8 Å². The van der Waals surface area contributed by atoms with E-state index in [4.69, 9.17) is 23.2 Å². The minimum atomic E-state index is -0.413. The number of hydrogen-bond acceptors (Lipinski definition) is 4. The second-order valence-corrected chi connectivity index (χ2v) is 9.42. The molecule has 0 saturated carbocycles. The van der Waals surface area contributed by atoms with Crippen LogP contribution in [0.5, 0.6) is 0 Å². The zero-order chi connectivity index (χ0) is 22.1. The van der Waals surface area contributed by atoms with Gasteiger partial charge in [0.1, 0.15) is 11.1 Å². The van der Waals surface area contributed by atoms with Gasteiger partial charge in [-0.3, -0.25) is 4.79 Å². The third kappa shape index (κ3) is 4.14. The van der Waals surface area contributed by atoms with Gasteiger partial charge in [-0.15, -0.1) is 11.3 Å². The van der Waals surface area contributed by atoms with Gasteiger partial charge in [0, 0.05) is 26.9 Å². The number of fused-ring (bicyclic) bond motifs is 1. The van der Waals surface area contributed by atoms with Crippen LogP contribution in [0.4, 0.5) is 0 Å². The standard InChI is InChI=1S/C23H20Cl2N4OS/c1-13-9-15(12-27-28-22(30)18-8-7-16(24)10-20(18)25)14(2)29(13)23-19(11-26)17-5-3-4-6-21(17)31-23/h7-10,12H,3-6H2,1-2H3,(H,28,30)/b27-12+. The van der Waals surface area contributed by atoms with Crippen LogP contribution in [0.15, 0.2) is 29.4 Å². The largest absolute Gasteiger partial charge is 0.308 e. The van der Waals surface area contributed by atoms with Crippen molar-refractivity contribution >= 4 is 46.7 Å². The van der Waals surface area contributed by atoms with Crippen molar-refractivity contribution in [1.29, 1.82) is 5.26 Å². The molecule has 8 heteroatoms. The molecule has 1 amide bonds. The Morgan fingerprint density at radius 1 is 1.26 bits per heavy atom. The summed E-state index contributed by atoms with van der Waals surface area (Å²) in [6.45, 7) is 4.00. The smallest absolute Gasteiger partial charge is 0.272 e. The summed E-state index contributed by atoms with van der Waals surface area (Å²) in [5.74, 6) is -0.413. The fraction of sp³-hybridized carbons (Fsp3) is 0.261. The second kappa shape index (κ2) is 8.88. The molecular weight excluding hydrogens is 451 g/mol. The van der Waals surface area contributed by atoms with Crippen LogP contribution in [0, 0.1) is 25.2 Å². The van der Waals surface area contributed by atoms with E-state index in [1.54, 1.807) is 29.7 Å². The molecule has 1 aliphatic carbocycles. The minimum Gasteiger partial charge on any atom is -0.308 e. The molecular formula is C23H20Cl2N4OS. The zero-order valence-electron chi connectivity index (χ0n) is 17.1. The van der Waals surface area contributed by atoms with Crippen LogP contribution in [0.25, 0.3) is 5.00 Å². The zero-order valence-corrected chi connectivity index (χ0v) is 19.5. The molecule has 0 bridgehead atoms. The number of carbonyl (C=O) groups is 1. The molecule has 1 N–H and O–H groups in total. The molecule has 0 unspecified atom stereocenters. The van der Waals surface area contributed by atoms with E-state index < -0.39 is 5.91 Å². The fourth-order valence-corrected chi connectivity index (χ4v) is 5.89. The predicted octanol–water partition coefficient (Wildman–Crippen LogP) is 5.98. The maximum absolute atomic E-state index is 12.3. The van der Waals surface area contributed by atoms with Gasteiger partial charge in [0.05, 0.1) is 22.4 Å². The topological polar surface area (TPSA) is 70.2 Å². The number of nitriles is 1. The summed E-state index contributed by atoms with van der Waals surface area (Å²) < 4.78 is 2.11. The lowest BCUT2D eigenvalue weighted by Gasteiger charge is -2.10. The number of hydrogen-bond donors (Lipinski definition) is 1. The third-order valence-electron chi connectivity index (χ3n) is 5.48. The number of aromatic nitrogens is 1. The summed E-state index contributed by atoms with van der Waals surface area (Å²) in [5, 5.41) is 15.6. The first-order valence-electron chi connectivity index (χ1n) is 9.93. The summed E-state index contributed by atoms with van der Waals surface area (Å²) in [6, 6.07) is 9.11. The van der Waals surface area contributed by atoms with Crippen molar-refractivity contribution in [2.45, 2.75) is 39.5 Å². The number of amides is 1. The number of thiophene rings is 1. The van der Waals surface area contributed by atoms with Crippen LogP contribution < -0.4 is 5.43 Å². The molecule has 2 heterocycles. The molecule has 0 aliphatic heterocycles. The predicted molar refractivity (Wildman–Crippen MR) is 126 cm³/mol. The number of benzene rings is 1. The molecule has 158 valence electrons. The Balaban J connectivity index is 1.60. The first kappa shape index (κ1) is 21.6. The number of halogens is 2. The summed E-state index contributed by atoms with van der Waals surface area (Å²) >= 11 is 13.7. The van der Waals surface area contributed by atoms with Crippen LogP contribution in [0.2, 0.25) is 10.0 Å². The maximum atomic E-state index is 12.3. The van der Waals surface area contributed by atoms with Gasteiger partial charge >= 0.3 is 0 Å². The summed E-state index contributed by atoms with van der Waals surface area (Å²) in [7, 11) is 0. The monoisotopic (exact) mass is 470 g/mol. The molecule has 0 atom stereocenters. The molecule has 31 heavy (non-hydrogen) atoms. The molecule has 4 rings (SSSR count). The Kier molecular flexibility index (Phi) is 6.19. The van der Waals surface area contributed by atoms with Crippen LogP contribution in [-0.4, -0.2) is 16.7 Å². The number of carbonyl (C=O) groups excluding carboxylic acids is 1. The molecule has 0 spiro atoms. The van der Waals surface area contributed by atoms with Crippen molar-refractivity contribution < 1.29 is 4.79 Å². The van der Waals surface area contributed by atoms with Gasteiger partial charge < -0.3 is 4.57 Å². The lowest BCUT2D eigenvalue weighted by atomic mass is 9.96. The Morgan fingerprint density at radius 3 is 2.77 bits per heavy atom.